The molecule has 29 heavy (non-hydrogen) atoms. The molecule has 3 rings (SSSR count). The van der Waals surface area contributed by atoms with Crippen molar-refractivity contribution in [2.75, 3.05) is 12.0 Å². The van der Waals surface area contributed by atoms with E-state index >= 15 is 0 Å². The number of benzene rings is 2. The van der Waals surface area contributed by atoms with Gasteiger partial charge in [0.05, 0.1) is 23.6 Å². The number of hydrogen-bond donors (Lipinski definition) is 1. The fraction of sp³-hybridized carbons (Fsp3) is 0.238. The van der Waals surface area contributed by atoms with Gasteiger partial charge in [-0.15, -0.1) is 0 Å². The highest BCUT2D eigenvalue weighted by atomic mass is 32.1. The van der Waals surface area contributed by atoms with Gasteiger partial charge in [0, 0.05) is 23.5 Å². The molecule has 0 fully saturated rings. The molecular weight excluding hydrogens is 390 g/mol. The first-order valence-electron chi connectivity index (χ1n) is 8.95. The molecule has 0 amide bonds. The van der Waals surface area contributed by atoms with Crippen LogP contribution in [-0.2, 0) is 9.53 Å². The minimum atomic E-state index is -0.656. The van der Waals surface area contributed by atoms with Crippen LogP contribution in [0.15, 0.2) is 53.7 Å². The van der Waals surface area contributed by atoms with Gasteiger partial charge in [0.25, 0.3) is 5.69 Å². The number of thiocarbonyl (C=S) groups is 1. The topological polar surface area (TPSA) is 84.7 Å². The number of non-ortho nitro benzene ring substituents is 1. The van der Waals surface area contributed by atoms with Crippen molar-refractivity contribution in [2.24, 2.45) is 0 Å². The molecule has 0 saturated heterocycles. The number of esters is 1. The quantitative estimate of drug-likeness (QED) is 0.351. The minimum absolute atomic E-state index is 0.0613. The Bertz CT molecular complexity index is 1030. The van der Waals surface area contributed by atoms with Crippen LogP contribution in [0.25, 0.3) is 0 Å². The summed E-state index contributed by atoms with van der Waals surface area (Å²) in [4.78, 5) is 25.2. The Hall–Kier alpha value is -3.26. The van der Waals surface area contributed by atoms with Crippen molar-refractivity contribution < 1.29 is 14.5 Å². The highest BCUT2D eigenvalue weighted by Gasteiger charge is 2.35. The van der Waals surface area contributed by atoms with E-state index in [-0.39, 0.29) is 5.69 Å². The molecular formula is C21H21N3O4S. The Kier molecular flexibility index (Phi) is 5.65. The van der Waals surface area contributed by atoms with Crippen molar-refractivity contribution in [1.82, 2.24) is 5.32 Å². The molecule has 1 aliphatic rings. The molecule has 1 N–H and O–H groups in total. The zero-order valence-electron chi connectivity index (χ0n) is 16.6. The summed E-state index contributed by atoms with van der Waals surface area (Å²) in [5, 5.41) is 14.7. The number of carbonyl (C=O) groups excluding carboxylic acids is 1. The van der Waals surface area contributed by atoms with Crippen molar-refractivity contribution in [3.8, 4) is 0 Å². The summed E-state index contributed by atoms with van der Waals surface area (Å²) >= 11 is 5.60. The van der Waals surface area contributed by atoms with E-state index in [1.165, 1.54) is 19.2 Å². The van der Waals surface area contributed by atoms with Gasteiger partial charge in [0.2, 0.25) is 0 Å². The maximum atomic E-state index is 12.7. The number of nitro groups is 1. The van der Waals surface area contributed by atoms with Gasteiger partial charge >= 0.3 is 5.97 Å². The average Bonchev–Trinajstić information content (AvgIpc) is 2.66. The van der Waals surface area contributed by atoms with Crippen LogP contribution in [0.2, 0.25) is 0 Å². The van der Waals surface area contributed by atoms with Crippen LogP contribution in [0.1, 0.15) is 29.7 Å². The number of hydrogen-bond acceptors (Lipinski definition) is 5. The van der Waals surface area contributed by atoms with Crippen LogP contribution in [0, 0.1) is 24.0 Å². The third-order valence-electron chi connectivity index (χ3n) is 4.77. The van der Waals surface area contributed by atoms with Gasteiger partial charge in [-0.25, -0.2) is 4.79 Å². The van der Waals surface area contributed by atoms with Crippen LogP contribution in [-0.4, -0.2) is 23.1 Å². The normalized spacial score (nSPS) is 16.5. The number of carbonyl (C=O) groups is 1. The maximum Gasteiger partial charge on any atom is 0.337 e. The lowest BCUT2D eigenvalue weighted by atomic mass is 9.94. The molecule has 0 bridgehead atoms. The van der Waals surface area contributed by atoms with Gasteiger partial charge in [-0.05, 0) is 61.8 Å². The summed E-state index contributed by atoms with van der Waals surface area (Å²) in [5.41, 5.74) is 4.42. The van der Waals surface area contributed by atoms with Gasteiger partial charge in [-0.2, -0.15) is 0 Å². The monoisotopic (exact) mass is 411 g/mol. The fourth-order valence-electron chi connectivity index (χ4n) is 3.58. The summed E-state index contributed by atoms with van der Waals surface area (Å²) in [6.07, 6.45) is 0. The lowest BCUT2D eigenvalue weighted by molar-refractivity contribution is -0.384. The van der Waals surface area contributed by atoms with Gasteiger partial charge in [0.1, 0.15) is 0 Å². The van der Waals surface area contributed by atoms with Crippen molar-refractivity contribution in [1.29, 1.82) is 0 Å². The number of allylic oxidation sites excluding steroid dienone is 1. The van der Waals surface area contributed by atoms with Gasteiger partial charge in [-0.3, -0.25) is 15.0 Å². The number of aryl methyl sites for hydroxylation is 2. The standard InChI is InChI=1S/C21H21N3O4S/c1-12-8-13(2)10-17(9-12)23-14(3)18(20(25)28-4)19(22-21(23)29)15-6-5-7-16(11-15)24(26)27/h5-11,19H,1-4H3,(H,22,29). The van der Waals surface area contributed by atoms with E-state index in [0.29, 0.717) is 21.9 Å². The van der Waals surface area contributed by atoms with Gasteiger partial charge in [-0.1, -0.05) is 18.2 Å². The van der Waals surface area contributed by atoms with E-state index < -0.39 is 16.9 Å². The van der Waals surface area contributed by atoms with E-state index in [4.69, 9.17) is 17.0 Å². The van der Waals surface area contributed by atoms with Crippen LogP contribution in [0.4, 0.5) is 11.4 Å². The molecule has 150 valence electrons. The molecule has 0 aliphatic carbocycles. The molecule has 1 unspecified atom stereocenters. The second-order valence-electron chi connectivity index (χ2n) is 6.91. The summed E-state index contributed by atoms with van der Waals surface area (Å²) in [6.45, 7) is 5.77. The fourth-order valence-corrected chi connectivity index (χ4v) is 3.94. The number of nitrogens with zero attached hydrogens (tertiary/aromatic N) is 2. The minimum Gasteiger partial charge on any atom is -0.466 e. The molecule has 1 heterocycles. The summed E-state index contributed by atoms with van der Waals surface area (Å²) in [5.74, 6) is -0.525. The molecule has 1 atom stereocenters. The SMILES string of the molecule is COC(=O)C1=C(C)N(c2cc(C)cc(C)c2)C(=S)NC1c1cccc([N+](=O)[O-])c1. The largest absolute Gasteiger partial charge is 0.466 e. The summed E-state index contributed by atoms with van der Waals surface area (Å²) < 4.78 is 5.02. The number of nitrogens with one attached hydrogen (secondary N) is 1. The Morgan fingerprint density at radius 3 is 2.41 bits per heavy atom. The second-order valence-corrected chi connectivity index (χ2v) is 7.29. The van der Waals surface area contributed by atoms with E-state index in [1.54, 1.807) is 24.0 Å². The van der Waals surface area contributed by atoms with Gasteiger partial charge in [0.15, 0.2) is 5.11 Å². The number of nitro benzene ring substituents is 1. The average molecular weight is 411 g/mol. The van der Waals surface area contributed by atoms with Crippen LogP contribution >= 0.6 is 12.2 Å². The molecule has 0 aromatic heterocycles. The van der Waals surface area contributed by atoms with Gasteiger partial charge < -0.3 is 10.1 Å². The lowest BCUT2D eigenvalue weighted by Crippen LogP contribution is -2.48. The number of rotatable bonds is 4. The molecule has 2 aromatic carbocycles. The maximum absolute atomic E-state index is 12.7. The van der Waals surface area contributed by atoms with Crippen LogP contribution < -0.4 is 10.2 Å². The van der Waals surface area contributed by atoms with Crippen molar-refractivity contribution in [2.45, 2.75) is 26.8 Å². The first-order chi connectivity index (χ1) is 13.7. The predicted octanol–water partition coefficient (Wildman–Crippen LogP) is 4.09. The molecule has 0 spiro atoms. The zero-order valence-corrected chi connectivity index (χ0v) is 17.4. The molecule has 0 radical (unpaired) electrons. The second kappa shape index (κ2) is 8.00. The van der Waals surface area contributed by atoms with E-state index in [2.05, 4.69) is 11.4 Å². The van der Waals surface area contributed by atoms with Crippen molar-refractivity contribution in [3.05, 3.63) is 80.5 Å². The third kappa shape index (κ3) is 3.97. The van der Waals surface area contributed by atoms with Crippen LogP contribution in [0.3, 0.4) is 0 Å². The Balaban J connectivity index is 2.17. The number of methoxy groups -OCH3 is 1. The van der Waals surface area contributed by atoms with E-state index in [9.17, 15) is 14.9 Å². The Morgan fingerprint density at radius 2 is 1.83 bits per heavy atom. The zero-order chi connectivity index (χ0) is 21.3. The smallest absolute Gasteiger partial charge is 0.337 e. The van der Waals surface area contributed by atoms with E-state index in [0.717, 1.165) is 16.8 Å². The Labute approximate surface area is 174 Å². The third-order valence-corrected chi connectivity index (χ3v) is 5.07. The summed E-state index contributed by atoms with van der Waals surface area (Å²) in [7, 11) is 1.31. The van der Waals surface area contributed by atoms with Crippen LogP contribution in [0.5, 0.6) is 0 Å². The first kappa shape index (κ1) is 20.5. The van der Waals surface area contributed by atoms with Crippen molar-refractivity contribution >= 4 is 34.7 Å². The molecule has 0 saturated carbocycles. The summed E-state index contributed by atoms with van der Waals surface area (Å²) in [6, 6.07) is 11.5. The highest BCUT2D eigenvalue weighted by molar-refractivity contribution is 7.80. The number of anilines is 1. The highest BCUT2D eigenvalue weighted by Crippen LogP contribution is 2.35. The van der Waals surface area contributed by atoms with E-state index in [1.807, 2.05) is 26.0 Å². The molecule has 7 nitrogen and oxygen atoms in total. The lowest BCUT2D eigenvalue weighted by Gasteiger charge is -2.37. The predicted molar refractivity (Wildman–Crippen MR) is 115 cm³/mol. The van der Waals surface area contributed by atoms with Crippen molar-refractivity contribution in [3.63, 3.8) is 0 Å². The molecule has 2 aromatic rings. The molecule has 8 heteroatoms. The first-order valence-corrected chi connectivity index (χ1v) is 9.36. The Morgan fingerprint density at radius 1 is 1.17 bits per heavy atom. The number of ether oxygens (including phenoxy) is 1. The molecule has 1 aliphatic heterocycles.